The van der Waals surface area contributed by atoms with Crippen LogP contribution in [0.4, 0.5) is 0 Å². The molecule has 0 bridgehead atoms. The number of rotatable bonds is 7. The molecule has 4 rings (SSSR count). The van der Waals surface area contributed by atoms with Crippen molar-refractivity contribution in [2.24, 2.45) is 0 Å². The van der Waals surface area contributed by atoms with Crippen LogP contribution in [0.25, 0.3) is 10.9 Å². The van der Waals surface area contributed by atoms with Crippen LogP contribution >= 0.6 is 11.6 Å². The van der Waals surface area contributed by atoms with E-state index in [9.17, 15) is 13.2 Å². The summed E-state index contributed by atoms with van der Waals surface area (Å²) < 4.78 is 39.0. The quantitative estimate of drug-likeness (QED) is 0.428. The number of benzene rings is 2. The Balaban J connectivity index is 1.78. The fourth-order valence-electron chi connectivity index (χ4n) is 3.47. The van der Waals surface area contributed by atoms with Crippen molar-refractivity contribution < 1.29 is 17.6 Å². The zero-order valence-corrected chi connectivity index (χ0v) is 19.0. The van der Waals surface area contributed by atoms with E-state index in [0.717, 1.165) is 5.39 Å². The van der Waals surface area contributed by atoms with Crippen LogP contribution in [0.3, 0.4) is 0 Å². The smallest absolute Gasteiger partial charge is 0.252 e. The van der Waals surface area contributed by atoms with Gasteiger partial charge >= 0.3 is 0 Å². The summed E-state index contributed by atoms with van der Waals surface area (Å²) in [6.07, 6.45) is 1.47. The lowest BCUT2D eigenvalue weighted by atomic mass is 10.1. The molecule has 0 aliphatic rings. The lowest BCUT2D eigenvalue weighted by molar-refractivity contribution is 0.357. The topological polar surface area (TPSA) is 92.6 Å². The van der Waals surface area contributed by atoms with Crippen molar-refractivity contribution in [1.82, 2.24) is 9.29 Å². The van der Waals surface area contributed by atoms with Crippen LogP contribution in [-0.2, 0) is 23.1 Å². The average Bonchev–Trinajstić information content (AvgIpc) is 3.28. The molecule has 2 heterocycles. The number of furan rings is 1. The van der Waals surface area contributed by atoms with Crippen LogP contribution in [0.1, 0.15) is 16.9 Å². The van der Waals surface area contributed by atoms with E-state index in [1.807, 2.05) is 0 Å². The van der Waals surface area contributed by atoms with E-state index in [1.54, 1.807) is 62.6 Å². The number of halogens is 1. The summed E-state index contributed by atoms with van der Waals surface area (Å²) in [5.74, 6) is 1.06. The Labute approximate surface area is 190 Å². The molecule has 0 spiro atoms. The molecule has 0 amide bonds. The number of aromatic amines is 1. The predicted octanol–water partition coefficient (Wildman–Crippen LogP) is 4.48. The maximum atomic E-state index is 13.6. The molecule has 0 atom stereocenters. The van der Waals surface area contributed by atoms with E-state index in [-0.39, 0.29) is 23.5 Å². The SMILES string of the molecule is COc1ccc2cc(CN(Cc3ccco3)S(=O)(=O)c3cccc(Cl)c3C)c(=O)[nH]c2c1. The Kier molecular flexibility index (Phi) is 6.10. The predicted molar refractivity (Wildman–Crippen MR) is 122 cm³/mol. The number of H-pyrrole nitrogens is 1. The minimum absolute atomic E-state index is 0.0403. The lowest BCUT2D eigenvalue weighted by Gasteiger charge is -2.22. The second-order valence-electron chi connectivity index (χ2n) is 7.29. The maximum Gasteiger partial charge on any atom is 0.252 e. The number of aromatic nitrogens is 1. The van der Waals surface area contributed by atoms with Gasteiger partial charge in [-0.1, -0.05) is 17.7 Å². The number of pyridine rings is 1. The molecule has 0 saturated heterocycles. The van der Waals surface area contributed by atoms with Gasteiger partial charge in [-0.25, -0.2) is 8.42 Å². The highest BCUT2D eigenvalue weighted by atomic mass is 35.5. The largest absolute Gasteiger partial charge is 0.497 e. The van der Waals surface area contributed by atoms with E-state index in [1.165, 1.54) is 16.6 Å². The molecule has 0 saturated carbocycles. The van der Waals surface area contributed by atoms with Gasteiger partial charge < -0.3 is 14.1 Å². The van der Waals surface area contributed by atoms with Gasteiger partial charge in [0.2, 0.25) is 10.0 Å². The van der Waals surface area contributed by atoms with Crippen LogP contribution in [-0.4, -0.2) is 24.8 Å². The molecule has 32 heavy (non-hydrogen) atoms. The normalized spacial score (nSPS) is 11.9. The number of ether oxygens (including phenoxy) is 1. The van der Waals surface area contributed by atoms with Gasteiger partial charge in [-0.15, -0.1) is 0 Å². The number of hydrogen-bond acceptors (Lipinski definition) is 5. The van der Waals surface area contributed by atoms with Crippen LogP contribution in [0.15, 0.2) is 75.0 Å². The van der Waals surface area contributed by atoms with E-state index in [4.69, 9.17) is 20.8 Å². The third-order valence-electron chi connectivity index (χ3n) is 5.22. The molecule has 2 aromatic heterocycles. The van der Waals surface area contributed by atoms with Gasteiger partial charge in [0.25, 0.3) is 5.56 Å². The highest BCUT2D eigenvalue weighted by Gasteiger charge is 2.28. The molecule has 0 unspecified atom stereocenters. The molecule has 0 radical (unpaired) electrons. The second kappa shape index (κ2) is 8.82. The highest BCUT2D eigenvalue weighted by Crippen LogP contribution is 2.28. The summed E-state index contributed by atoms with van der Waals surface area (Å²) in [6, 6.07) is 15.1. The van der Waals surface area contributed by atoms with Crippen molar-refractivity contribution in [2.75, 3.05) is 7.11 Å². The zero-order chi connectivity index (χ0) is 22.9. The van der Waals surface area contributed by atoms with E-state index < -0.39 is 10.0 Å². The fourth-order valence-corrected chi connectivity index (χ4v) is 5.33. The molecule has 1 N–H and O–H groups in total. The molecule has 7 nitrogen and oxygen atoms in total. The minimum Gasteiger partial charge on any atom is -0.497 e. The Morgan fingerprint density at radius 1 is 1.09 bits per heavy atom. The molecular weight excluding hydrogens is 452 g/mol. The number of sulfonamides is 1. The van der Waals surface area contributed by atoms with Gasteiger partial charge in [-0.2, -0.15) is 4.31 Å². The number of hydrogen-bond donors (Lipinski definition) is 1. The van der Waals surface area contributed by atoms with Crippen LogP contribution < -0.4 is 10.3 Å². The van der Waals surface area contributed by atoms with Crippen molar-refractivity contribution in [3.63, 3.8) is 0 Å². The summed E-state index contributed by atoms with van der Waals surface area (Å²) in [5, 5.41) is 1.11. The highest BCUT2D eigenvalue weighted by molar-refractivity contribution is 7.89. The van der Waals surface area contributed by atoms with Gasteiger partial charge in [0.15, 0.2) is 0 Å². The first-order valence-corrected chi connectivity index (χ1v) is 11.6. The van der Waals surface area contributed by atoms with Crippen molar-refractivity contribution >= 4 is 32.5 Å². The number of nitrogens with zero attached hydrogens (tertiary/aromatic N) is 1. The molecule has 9 heteroatoms. The summed E-state index contributed by atoms with van der Waals surface area (Å²) in [7, 11) is -2.45. The third kappa shape index (κ3) is 4.29. The third-order valence-corrected chi connectivity index (χ3v) is 7.57. The first-order chi connectivity index (χ1) is 15.3. The maximum absolute atomic E-state index is 13.6. The van der Waals surface area contributed by atoms with E-state index in [0.29, 0.717) is 33.2 Å². The van der Waals surface area contributed by atoms with Crippen LogP contribution in [0, 0.1) is 6.92 Å². The van der Waals surface area contributed by atoms with Gasteiger partial charge in [0.05, 0.1) is 30.3 Å². The van der Waals surface area contributed by atoms with Crippen molar-refractivity contribution in [3.8, 4) is 5.75 Å². The summed E-state index contributed by atoms with van der Waals surface area (Å²) in [4.78, 5) is 15.7. The molecule has 4 aromatic rings. The Bertz CT molecular complexity index is 1430. The standard InChI is InChI=1S/C23H21ClN2O5S/c1-15-20(24)6-3-7-22(15)32(28,29)26(14-19-5-4-10-31-19)13-17-11-16-8-9-18(30-2)12-21(16)25-23(17)27/h3-12H,13-14H2,1-2H3,(H,25,27). The summed E-state index contributed by atoms with van der Waals surface area (Å²) >= 11 is 6.18. The average molecular weight is 473 g/mol. The fraction of sp³-hybridized carbons (Fsp3) is 0.174. The Hall–Kier alpha value is -3.07. The molecule has 166 valence electrons. The summed E-state index contributed by atoms with van der Waals surface area (Å²) in [5.41, 5.74) is 0.966. The van der Waals surface area contributed by atoms with Crippen molar-refractivity contribution in [3.05, 3.63) is 93.1 Å². The molecular formula is C23H21ClN2O5S. The zero-order valence-electron chi connectivity index (χ0n) is 17.5. The Morgan fingerprint density at radius 2 is 1.91 bits per heavy atom. The van der Waals surface area contributed by atoms with E-state index in [2.05, 4.69) is 4.98 Å². The number of methoxy groups -OCH3 is 1. The van der Waals surface area contributed by atoms with Crippen LogP contribution in [0.5, 0.6) is 5.75 Å². The Morgan fingerprint density at radius 3 is 2.62 bits per heavy atom. The van der Waals surface area contributed by atoms with Gasteiger partial charge in [0, 0.05) is 23.2 Å². The number of fused-ring (bicyclic) bond motifs is 1. The lowest BCUT2D eigenvalue weighted by Crippen LogP contribution is -2.33. The van der Waals surface area contributed by atoms with Crippen LogP contribution in [0.2, 0.25) is 5.02 Å². The summed E-state index contributed by atoms with van der Waals surface area (Å²) in [6.45, 7) is 1.46. The van der Waals surface area contributed by atoms with E-state index >= 15 is 0 Å². The van der Waals surface area contributed by atoms with Gasteiger partial charge in [-0.3, -0.25) is 4.79 Å². The molecule has 0 aliphatic carbocycles. The number of nitrogens with one attached hydrogen (secondary N) is 1. The second-order valence-corrected chi connectivity index (χ2v) is 9.61. The molecule has 2 aromatic carbocycles. The molecule has 0 aliphatic heterocycles. The van der Waals surface area contributed by atoms with Crippen molar-refractivity contribution in [2.45, 2.75) is 24.9 Å². The monoisotopic (exact) mass is 472 g/mol. The van der Waals surface area contributed by atoms with Gasteiger partial charge in [-0.05, 0) is 60.3 Å². The molecule has 0 fully saturated rings. The minimum atomic E-state index is -3.99. The first kappa shape index (κ1) is 22.1. The van der Waals surface area contributed by atoms with Crippen molar-refractivity contribution in [1.29, 1.82) is 0 Å². The van der Waals surface area contributed by atoms with Gasteiger partial charge in [0.1, 0.15) is 11.5 Å². The first-order valence-electron chi connectivity index (χ1n) is 9.77.